The Hall–Kier alpha value is -2.38. The second-order valence-electron chi connectivity index (χ2n) is 7.43. The van der Waals surface area contributed by atoms with Gasteiger partial charge in [0.05, 0.1) is 12.0 Å². The van der Waals surface area contributed by atoms with Crippen molar-refractivity contribution < 1.29 is 17.9 Å². The number of methoxy groups -OCH3 is 1. The first-order valence-corrected chi connectivity index (χ1v) is 11.2. The lowest BCUT2D eigenvalue weighted by Crippen LogP contribution is -2.44. The molecule has 0 aliphatic rings. The fraction of sp³-hybridized carbons (Fsp3) is 0.409. The smallest absolute Gasteiger partial charge is 0.242 e. The van der Waals surface area contributed by atoms with Crippen LogP contribution in [0.4, 0.5) is 5.69 Å². The maximum atomic E-state index is 13.0. The normalized spacial score (nSPS) is 12.6. The van der Waals surface area contributed by atoms with E-state index in [1.165, 1.54) is 19.2 Å². The number of carbonyl (C=O) groups excluding carboxylic acids is 1. The van der Waals surface area contributed by atoms with Crippen LogP contribution in [0.2, 0.25) is 0 Å². The monoisotopic (exact) mass is 418 g/mol. The second-order valence-corrected chi connectivity index (χ2v) is 9.14. The number of nitrogens with one attached hydrogen (secondary N) is 2. The van der Waals surface area contributed by atoms with Crippen molar-refractivity contribution >= 4 is 21.6 Å². The summed E-state index contributed by atoms with van der Waals surface area (Å²) in [6, 6.07) is 11.0. The van der Waals surface area contributed by atoms with Gasteiger partial charge in [0.25, 0.3) is 0 Å². The van der Waals surface area contributed by atoms with Crippen LogP contribution in [0.25, 0.3) is 0 Å². The van der Waals surface area contributed by atoms with Crippen molar-refractivity contribution in [1.82, 2.24) is 4.72 Å². The number of anilines is 1. The van der Waals surface area contributed by atoms with Gasteiger partial charge in [0.15, 0.2) is 0 Å². The van der Waals surface area contributed by atoms with Crippen LogP contribution in [0.1, 0.15) is 38.3 Å². The molecule has 2 aromatic carbocycles. The van der Waals surface area contributed by atoms with E-state index in [4.69, 9.17) is 4.74 Å². The Bertz CT molecular complexity index is 938. The Morgan fingerprint density at radius 1 is 1.10 bits per heavy atom. The van der Waals surface area contributed by atoms with Gasteiger partial charge in [-0.3, -0.25) is 4.79 Å². The van der Waals surface area contributed by atoms with Crippen molar-refractivity contribution in [1.29, 1.82) is 0 Å². The fourth-order valence-corrected chi connectivity index (χ4v) is 4.31. The first-order chi connectivity index (χ1) is 13.7. The summed E-state index contributed by atoms with van der Waals surface area (Å²) in [5.74, 6) is 0.332. The third kappa shape index (κ3) is 6.05. The van der Waals surface area contributed by atoms with E-state index >= 15 is 0 Å². The zero-order valence-electron chi connectivity index (χ0n) is 17.7. The third-order valence-electron chi connectivity index (χ3n) is 4.68. The van der Waals surface area contributed by atoms with Crippen LogP contribution in [0, 0.1) is 12.8 Å². The molecule has 0 aliphatic carbocycles. The topological polar surface area (TPSA) is 84.5 Å². The molecule has 1 unspecified atom stereocenters. The fourth-order valence-electron chi connectivity index (χ4n) is 3.10. The summed E-state index contributed by atoms with van der Waals surface area (Å²) in [5.41, 5.74) is 2.70. The predicted molar refractivity (Wildman–Crippen MR) is 116 cm³/mol. The minimum Gasteiger partial charge on any atom is -0.497 e. The summed E-state index contributed by atoms with van der Waals surface area (Å²) in [7, 11) is -2.34. The number of amides is 1. The average molecular weight is 419 g/mol. The molecule has 7 heteroatoms. The molecule has 0 aliphatic heterocycles. The van der Waals surface area contributed by atoms with Gasteiger partial charge < -0.3 is 10.1 Å². The summed E-state index contributed by atoms with van der Waals surface area (Å²) >= 11 is 0. The molecule has 1 amide bonds. The van der Waals surface area contributed by atoms with E-state index in [-0.39, 0.29) is 16.7 Å². The standard InChI is InChI=1S/C22H30N2O4S/c1-6-17-9-7-8-16(4)21(17)23-22(25)20(14-15(2)3)24-29(26,27)19-12-10-18(28-5)11-13-19/h7-13,15,20,24H,6,14H2,1-5H3,(H,23,25). The van der Waals surface area contributed by atoms with Crippen LogP contribution in [-0.4, -0.2) is 27.5 Å². The van der Waals surface area contributed by atoms with Crippen molar-refractivity contribution in [3.05, 3.63) is 53.6 Å². The van der Waals surface area contributed by atoms with Gasteiger partial charge in [-0.15, -0.1) is 0 Å². The Morgan fingerprint density at radius 3 is 2.31 bits per heavy atom. The molecule has 0 bridgehead atoms. The first kappa shape index (κ1) is 22.9. The highest BCUT2D eigenvalue weighted by Crippen LogP contribution is 2.22. The molecule has 0 radical (unpaired) electrons. The number of hydrogen-bond donors (Lipinski definition) is 2. The average Bonchev–Trinajstić information content (AvgIpc) is 2.68. The zero-order chi connectivity index (χ0) is 21.6. The lowest BCUT2D eigenvalue weighted by atomic mass is 10.0. The molecule has 0 aromatic heterocycles. The van der Waals surface area contributed by atoms with E-state index in [9.17, 15) is 13.2 Å². The van der Waals surface area contributed by atoms with E-state index in [0.29, 0.717) is 12.2 Å². The molecule has 0 saturated heterocycles. The minimum absolute atomic E-state index is 0.0880. The molecule has 0 heterocycles. The van der Waals surface area contributed by atoms with Crippen LogP contribution >= 0.6 is 0 Å². The second kappa shape index (κ2) is 9.89. The van der Waals surface area contributed by atoms with Gasteiger partial charge in [0.1, 0.15) is 11.8 Å². The Morgan fingerprint density at radius 2 is 1.76 bits per heavy atom. The van der Waals surface area contributed by atoms with Gasteiger partial charge in [-0.25, -0.2) is 8.42 Å². The molecule has 29 heavy (non-hydrogen) atoms. The highest BCUT2D eigenvalue weighted by molar-refractivity contribution is 7.89. The lowest BCUT2D eigenvalue weighted by molar-refractivity contribution is -0.118. The summed E-state index contributed by atoms with van der Waals surface area (Å²) < 4.78 is 33.3. The number of ether oxygens (including phenoxy) is 1. The number of para-hydroxylation sites is 1. The van der Waals surface area contributed by atoms with Crippen molar-refractivity contribution in [3.63, 3.8) is 0 Å². The number of hydrogen-bond acceptors (Lipinski definition) is 4. The molecule has 2 rings (SSSR count). The van der Waals surface area contributed by atoms with Crippen LogP contribution in [0.3, 0.4) is 0 Å². The number of carbonyl (C=O) groups is 1. The molecule has 0 spiro atoms. The Labute approximate surface area is 173 Å². The minimum atomic E-state index is -3.86. The molecule has 1 atom stereocenters. The van der Waals surface area contributed by atoms with Crippen LogP contribution in [0.5, 0.6) is 5.75 Å². The first-order valence-electron chi connectivity index (χ1n) is 9.73. The summed E-state index contributed by atoms with van der Waals surface area (Å²) in [4.78, 5) is 13.1. The Balaban J connectivity index is 2.27. The van der Waals surface area contributed by atoms with Crippen LogP contribution in [0.15, 0.2) is 47.4 Å². The molecule has 2 N–H and O–H groups in total. The molecular weight excluding hydrogens is 388 g/mol. The van der Waals surface area contributed by atoms with Crippen LogP contribution in [-0.2, 0) is 21.2 Å². The molecule has 158 valence electrons. The van der Waals surface area contributed by atoms with Gasteiger partial charge in [0, 0.05) is 5.69 Å². The zero-order valence-corrected chi connectivity index (χ0v) is 18.5. The predicted octanol–water partition coefficient (Wildman–Crippen LogP) is 3.90. The maximum absolute atomic E-state index is 13.0. The number of benzene rings is 2. The number of aryl methyl sites for hydroxylation is 2. The SMILES string of the molecule is CCc1cccc(C)c1NC(=O)C(CC(C)C)NS(=O)(=O)c1ccc(OC)cc1. The van der Waals surface area contributed by atoms with E-state index in [0.717, 1.165) is 23.2 Å². The quantitative estimate of drug-likeness (QED) is 0.647. The van der Waals surface area contributed by atoms with Gasteiger partial charge in [-0.1, -0.05) is 39.0 Å². The number of rotatable bonds is 9. The molecular formula is C22H30N2O4S. The van der Waals surface area contributed by atoms with E-state index in [2.05, 4.69) is 10.0 Å². The van der Waals surface area contributed by atoms with E-state index < -0.39 is 16.1 Å². The molecule has 0 saturated carbocycles. The highest BCUT2D eigenvalue weighted by Gasteiger charge is 2.27. The Kier molecular flexibility index (Phi) is 7.81. The largest absolute Gasteiger partial charge is 0.497 e. The van der Waals surface area contributed by atoms with Crippen molar-refractivity contribution in [2.45, 2.75) is 51.5 Å². The summed E-state index contributed by atoms with van der Waals surface area (Å²) in [6.45, 7) is 7.84. The van der Waals surface area contributed by atoms with Crippen LogP contribution < -0.4 is 14.8 Å². The highest BCUT2D eigenvalue weighted by atomic mass is 32.2. The third-order valence-corrected chi connectivity index (χ3v) is 6.17. The van der Waals surface area contributed by atoms with Gasteiger partial charge in [0.2, 0.25) is 15.9 Å². The van der Waals surface area contributed by atoms with Crippen molar-refractivity contribution in [2.24, 2.45) is 5.92 Å². The summed E-state index contributed by atoms with van der Waals surface area (Å²) in [6.07, 6.45) is 1.15. The van der Waals surface area contributed by atoms with Crippen molar-refractivity contribution in [2.75, 3.05) is 12.4 Å². The van der Waals surface area contributed by atoms with Gasteiger partial charge in [-0.05, 0) is 61.1 Å². The molecule has 2 aromatic rings. The molecule has 6 nitrogen and oxygen atoms in total. The van der Waals surface area contributed by atoms with Gasteiger partial charge in [-0.2, -0.15) is 4.72 Å². The van der Waals surface area contributed by atoms with Crippen molar-refractivity contribution in [3.8, 4) is 5.75 Å². The van der Waals surface area contributed by atoms with E-state index in [1.54, 1.807) is 12.1 Å². The maximum Gasteiger partial charge on any atom is 0.242 e. The molecule has 0 fully saturated rings. The van der Waals surface area contributed by atoms with E-state index in [1.807, 2.05) is 45.9 Å². The number of sulfonamides is 1. The van der Waals surface area contributed by atoms with Gasteiger partial charge >= 0.3 is 0 Å². The summed E-state index contributed by atoms with van der Waals surface area (Å²) in [5, 5.41) is 2.94. The lowest BCUT2D eigenvalue weighted by Gasteiger charge is -2.22.